The Labute approximate surface area is 253 Å². The first-order chi connectivity index (χ1) is 19.8. The number of rotatable bonds is 21. The van der Waals surface area contributed by atoms with Gasteiger partial charge in [0.1, 0.15) is 5.78 Å². The lowest BCUT2D eigenvalue weighted by atomic mass is 9.53. The van der Waals surface area contributed by atoms with E-state index in [1.54, 1.807) is 6.92 Å². The van der Waals surface area contributed by atoms with Gasteiger partial charge >= 0.3 is 0 Å². The van der Waals surface area contributed by atoms with Gasteiger partial charge < -0.3 is 15.4 Å². The highest BCUT2D eigenvalue weighted by atomic mass is 16.1. The van der Waals surface area contributed by atoms with Crippen LogP contribution in [0, 0.1) is 41.4 Å². The van der Waals surface area contributed by atoms with Gasteiger partial charge in [-0.15, -0.1) is 0 Å². The first-order valence-electron chi connectivity index (χ1n) is 17.0. The molecule has 4 nitrogen and oxygen atoms in total. The molecule has 2 radical (unpaired) electrons. The Hall–Kier alpha value is -1.62. The highest BCUT2D eigenvalue weighted by Gasteiger charge is 2.38. The molecule has 0 saturated heterocycles. The summed E-state index contributed by atoms with van der Waals surface area (Å²) in [5.74, 6) is 5.62. The summed E-state index contributed by atoms with van der Waals surface area (Å²) in [6.45, 7) is 8.14. The minimum atomic E-state index is 0.174. The minimum Gasteiger partial charge on any atom is -0.356 e. The molecule has 8 atom stereocenters. The lowest BCUT2D eigenvalue weighted by Gasteiger charge is -2.45. The van der Waals surface area contributed by atoms with E-state index in [9.17, 15) is 9.59 Å². The Morgan fingerprint density at radius 2 is 1.63 bits per heavy atom. The summed E-state index contributed by atoms with van der Waals surface area (Å²) in [5.41, 5.74) is 1.45. The second-order valence-corrected chi connectivity index (χ2v) is 13.8. The number of ketones is 1. The van der Waals surface area contributed by atoms with Gasteiger partial charge in [0.05, 0.1) is 7.85 Å². The van der Waals surface area contributed by atoms with Crippen LogP contribution in [0.25, 0.3) is 0 Å². The van der Waals surface area contributed by atoms with Crippen molar-refractivity contribution in [1.29, 1.82) is 0 Å². The maximum Gasteiger partial charge on any atom is 0.220 e. The van der Waals surface area contributed by atoms with Crippen LogP contribution in [0.2, 0.25) is 5.82 Å². The molecule has 5 heteroatoms. The van der Waals surface area contributed by atoms with E-state index in [2.05, 4.69) is 54.8 Å². The normalized spacial score (nSPS) is 26.9. The Morgan fingerprint density at radius 3 is 2.29 bits per heavy atom. The van der Waals surface area contributed by atoms with E-state index < -0.39 is 0 Å². The van der Waals surface area contributed by atoms with E-state index in [-0.39, 0.29) is 11.7 Å². The Morgan fingerprint density at radius 1 is 0.902 bits per heavy atom. The van der Waals surface area contributed by atoms with Crippen LogP contribution < -0.4 is 10.6 Å². The van der Waals surface area contributed by atoms with Crippen LogP contribution >= 0.6 is 0 Å². The fraction of sp³-hybridized carbons (Fsp3) is 0.778. The molecular weight excluding hydrogens is 503 g/mol. The molecule has 3 rings (SSSR count). The number of hydrogen-bond donors (Lipinski definition) is 2. The number of Topliss-reactive ketones (excluding diaryl/α,β-unsaturated/α-hetero) is 1. The van der Waals surface area contributed by atoms with Crippen LogP contribution in [-0.4, -0.2) is 39.7 Å². The van der Waals surface area contributed by atoms with E-state index in [0.29, 0.717) is 36.4 Å². The minimum absolute atomic E-state index is 0.174. The van der Waals surface area contributed by atoms with Crippen molar-refractivity contribution in [2.24, 2.45) is 41.4 Å². The molecule has 1 amide bonds. The molecule has 228 valence electrons. The van der Waals surface area contributed by atoms with Gasteiger partial charge in [-0.1, -0.05) is 75.7 Å². The number of benzene rings is 1. The largest absolute Gasteiger partial charge is 0.356 e. The highest BCUT2D eigenvalue weighted by Crippen LogP contribution is 2.49. The SMILES string of the molecule is [B]C1CC(CCC)C1CC(CCNC)CCNC(=O)CCC(CCC(C)=O)CCC1C(C)CC1Cc1ccccc1. The van der Waals surface area contributed by atoms with Crippen molar-refractivity contribution in [2.75, 3.05) is 20.1 Å². The van der Waals surface area contributed by atoms with Crippen molar-refractivity contribution in [2.45, 2.75) is 116 Å². The van der Waals surface area contributed by atoms with Gasteiger partial charge in [-0.05, 0) is 119 Å². The monoisotopic (exact) mass is 562 g/mol. The van der Waals surface area contributed by atoms with E-state index >= 15 is 0 Å². The third kappa shape index (κ3) is 11.5. The zero-order chi connectivity index (χ0) is 29.6. The molecule has 0 heterocycles. The number of carbonyl (C=O) groups is 2. The third-order valence-corrected chi connectivity index (χ3v) is 10.6. The van der Waals surface area contributed by atoms with Crippen molar-refractivity contribution in [3.63, 3.8) is 0 Å². The molecule has 0 aliphatic heterocycles. The lowest BCUT2D eigenvalue weighted by Crippen LogP contribution is -2.36. The van der Waals surface area contributed by atoms with Crippen molar-refractivity contribution in [3.05, 3.63) is 35.9 Å². The molecular formula is C36H59BN2O2. The summed E-state index contributed by atoms with van der Waals surface area (Å²) in [6, 6.07) is 10.9. The van der Waals surface area contributed by atoms with E-state index in [0.717, 1.165) is 68.9 Å². The third-order valence-electron chi connectivity index (χ3n) is 10.6. The average Bonchev–Trinajstić information content (AvgIpc) is 2.95. The molecule has 8 unspecified atom stereocenters. The van der Waals surface area contributed by atoms with Crippen molar-refractivity contribution >= 4 is 19.5 Å². The Kier molecular flexibility index (Phi) is 15.0. The predicted molar refractivity (Wildman–Crippen MR) is 173 cm³/mol. The number of hydrogen-bond acceptors (Lipinski definition) is 3. The van der Waals surface area contributed by atoms with Gasteiger partial charge in [0.2, 0.25) is 5.91 Å². The van der Waals surface area contributed by atoms with Crippen LogP contribution in [0.4, 0.5) is 0 Å². The van der Waals surface area contributed by atoms with Gasteiger partial charge in [0, 0.05) is 19.4 Å². The molecule has 2 aliphatic carbocycles. The molecule has 2 aliphatic rings. The van der Waals surface area contributed by atoms with Crippen LogP contribution in [0.5, 0.6) is 0 Å². The molecule has 0 bridgehead atoms. The quantitative estimate of drug-likeness (QED) is 0.152. The van der Waals surface area contributed by atoms with Crippen LogP contribution in [0.15, 0.2) is 30.3 Å². The summed E-state index contributed by atoms with van der Waals surface area (Å²) in [6.07, 6.45) is 15.0. The lowest BCUT2D eigenvalue weighted by molar-refractivity contribution is -0.121. The van der Waals surface area contributed by atoms with Crippen molar-refractivity contribution in [3.8, 4) is 0 Å². The van der Waals surface area contributed by atoms with Crippen molar-refractivity contribution < 1.29 is 9.59 Å². The standard InChI is InChI=1S/C36H59BN2O2/c1-5-9-31-25-35(37)34(31)24-30(18-20-38-4)19-21-39-36(41)17-15-28(13-12-27(3)40)14-16-33-26(2)22-32(33)23-29-10-7-6-8-11-29/h6-8,10-11,26,28,30-35,38H,5,9,12-25H2,1-4H3,(H,39,41). The molecule has 0 aromatic heterocycles. The van der Waals surface area contributed by atoms with Crippen LogP contribution in [-0.2, 0) is 16.0 Å². The molecule has 1 aromatic rings. The van der Waals surface area contributed by atoms with Crippen LogP contribution in [0.1, 0.15) is 110 Å². The summed E-state index contributed by atoms with van der Waals surface area (Å²) in [7, 11) is 8.43. The average molecular weight is 563 g/mol. The van der Waals surface area contributed by atoms with Gasteiger partial charge in [0.15, 0.2) is 0 Å². The van der Waals surface area contributed by atoms with E-state index in [1.165, 1.54) is 50.5 Å². The Balaban J connectivity index is 1.41. The predicted octanol–water partition coefficient (Wildman–Crippen LogP) is 7.56. The van der Waals surface area contributed by atoms with Gasteiger partial charge in [-0.3, -0.25) is 4.79 Å². The zero-order valence-corrected chi connectivity index (χ0v) is 26.7. The summed E-state index contributed by atoms with van der Waals surface area (Å²) in [5, 5.41) is 6.55. The Bertz CT molecular complexity index is 891. The van der Waals surface area contributed by atoms with Crippen molar-refractivity contribution in [1.82, 2.24) is 10.6 Å². The number of amides is 1. The maximum atomic E-state index is 12.9. The molecule has 0 spiro atoms. The molecule has 1 aromatic carbocycles. The fourth-order valence-electron chi connectivity index (χ4n) is 7.91. The van der Waals surface area contributed by atoms with Gasteiger partial charge in [-0.25, -0.2) is 0 Å². The van der Waals surface area contributed by atoms with Gasteiger partial charge in [0.25, 0.3) is 0 Å². The number of nitrogens with one attached hydrogen (secondary N) is 2. The summed E-state index contributed by atoms with van der Waals surface area (Å²) >= 11 is 0. The zero-order valence-electron chi connectivity index (χ0n) is 26.7. The van der Waals surface area contributed by atoms with Crippen LogP contribution in [0.3, 0.4) is 0 Å². The highest BCUT2D eigenvalue weighted by molar-refractivity contribution is 6.12. The molecule has 2 saturated carbocycles. The summed E-state index contributed by atoms with van der Waals surface area (Å²) in [4.78, 5) is 24.6. The first-order valence-corrected chi connectivity index (χ1v) is 17.0. The maximum absolute atomic E-state index is 12.9. The number of carbonyl (C=O) groups excluding carboxylic acids is 2. The van der Waals surface area contributed by atoms with E-state index in [1.807, 2.05) is 7.05 Å². The fourth-order valence-corrected chi connectivity index (χ4v) is 7.91. The molecule has 2 N–H and O–H groups in total. The molecule has 2 fully saturated rings. The second kappa shape index (κ2) is 18.1. The molecule has 41 heavy (non-hydrogen) atoms. The summed E-state index contributed by atoms with van der Waals surface area (Å²) < 4.78 is 0. The topological polar surface area (TPSA) is 58.2 Å². The second-order valence-electron chi connectivity index (χ2n) is 13.8. The first kappa shape index (κ1) is 33.9. The smallest absolute Gasteiger partial charge is 0.220 e. The van der Waals surface area contributed by atoms with E-state index in [4.69, 9.17) is 7.85 Å². The van der Waals surface area contributed by atoms with Gasteiger partial charge in [-0.2, -0.15) is 0 Å².